The Bertz CT molecular complexity index is 383. The van der Waals surface area contributed by atoms with Crippen LogP contribution in [0.4, 0.5) is 5.82 Å². The van der Waals surface area contributed by atoms with Crippen molar-refractivity contribution in [1.29, 1.82) is 0 Å². The largest absolute Gasteiger partial charge is 0.481 e. The molecule has 0 radical (unpaired) electrons. The Morgan fingerprint density at radius 2 is 2.29 bits per heavy atom. The Labute approximate surface area is 102 Å². The lowest BCUT2D eigenvalue weighted by Crippen LogP contribution is -2.46. The van der Waals surface area contributed by atoms with Crippen molar-refractivity contribution in [2.24, 2.45) is 0 Å². The number of rotatable bonds is 3. The molecule has 0 saturated carbocycles. The molecule has 94 valence electrons. The number of aromatic nitrogens is 2. The van der Waals surface area contributed by atoms with Crippen LogP contribution in [0, 0.1) is 6.92 Å². The zero-order chi connectivity index (χ0) is 12.3. The molecule has 1 fully saturated rings. The van der Waals surface area contributed by atoms with Crippen molar-refractivity contribution in [2.75, 3.05) is 19.0 Å². The fourth-order valence-electron chi connectivity index (χ4n) is 2.20. The molecule has 5 nitrogen and oxygen atoms in total. The van der Waals surface area contributed by atoms with Gasteiger partial charge in [0.2, 0.25) is 5.88 Å². The molecule has 0 bridgehead atoms. The van der Waals surface area contributed by atoms with Crippen molar-refractivity contribution in [2.45, 2.75) is 38.8 Å². The van der Waals surface area contributed by atoms with Crippen LogP contribution in [0.2, 0.25) is 0 Å². The highest BCUT2D eigenvalue weighted by molar-refractivity contribution is 5.48. The fraction of sp³-hybridized carbons (Fsp3) is 0.667. The molecule has 1 aliphatic heterocycles. The van der Waals surface area contributed by atoms with Gasteiger partial charge >= 0.3 is 0 Å². The first-order chi connectivity index (χ1) is 8.22. The normalized spacial score (nSPS) is 24.4. The van der Waals surface area contributed by atoms with Crippen LogP contribution in [0.5, 0.6) is 5.88 Å². The summed E-state index contributed by atoms with van der Waals surface area (Å²) in [5, 5.41) is 6.94. The van der Waals surface area contributed by atoms with E-state index in [1.165, 1.54) is 19.2 Å². The quantitative estimate of drug-likeness (QED) is 0.829. The highest BCUT2D eigenvalue weighted by Gasteiger charge is 2.21. The first kappa shape index (κ1) is 12.1. The fourth-order valence-corrected chi connectivity index (χ4v) is 2.20. The number of nitrogens with zero attached hydrogens (tertiary/aromatic N) is 2. The molecule has 2 heterocycles. The zero-order valence-electron chi connectivity index (χ0n) is 10.7. The van der Waals surface area contributed by atoms with E-state index in [9.17, 15) is 0 Å². The summed E-state index contributed by atoms with van der Waals surface area (Å²) in [5.41, 5.74) is 0.966. The van der Waals surface area contributed by atoms with Crippen LogP contribution in [-0.2, 0) is 0 Å². The van der Waals surface area contributed by atoms with Gasteiger partial charge in [0.25, 0.3) is 0 Å². The van der Waals surface area contributed by atoms with Crippen LogP contribution in [0.1, 0.15) is 25.3 Å². The number of hydrogen-bond acceptors (Lipinski definition) is 5. The van der Waals surface area contributed by atoms with Crippen LogP contribution in [0.25, 0.3) is 0 Å². The summed E-state index contributed by atoms with van der Waals surface area (Å²) in [4.78, 5) is 8.37. The van der Waals surface area contributed by atoms with Crippen LogP contribution in [0.3, 0.4) is 0 Å². The maximum Gasteiger partial charge on any atom is 0.221 e. The van der Waals surface area contributed by atoms with Crippen LogP contribution >= 0.6 is 0 Å². The molecule has 2 unspecified atom stereocenters. The summed E-state index contributed by atoms with van der Waals surface area (Å²) in [6.45, 7) is 5.28. The van der Waals surface area contributed by atoms with Crippen molar-refractivity contribution in [3.05, 3.63) is 11.9 Å². The summed E-state index contributed by atoms with van der Waals surface area (Å²) in [6.07, 6.45) is 3.90. The molecule has 2 atom stereocenters. The molecule has 1 aromatic heterocycles. The number of methoxy groups -OCH3 is 1. The van der Waals surface area contributed by atoms with E-state index in [1.54, 1.807) is 7.11 Å². The Balaban J connectivity index is 2.12. The van der Waals surface area contributed by atoms with Crippen molar-refractivity contribution in [3.63, 3.8) is 0 Å². The van der Waals surface area contributed by atoms with Crippen molar-refractivity contribution < 1.29 is 4.74 Å². The van der Waals surface area contributed by atoms with E-state index in [1.807, 2.05) is 6.92 Å². The van der Waals surface area contributed by atoms with Crippen LogP contribution < -0.4 is 15.4 Å². The molecule has 2 N–H and O–H groups in total. The van der Waals surface area contributed by atoms with Gasteiger partial charge < -0.3 is 15.4 Å². The van der Waals surface area contributed by atoms with E-state index >= 15 is 0 Å². The van der Waals surface area contributed by atoms with Gasteiger partial charge in [0.15, 0.2) is 0 Å². The topological polar surface area (TPSA) is 59.1 Å². The third-order valence-electron chi connectivity index (χ3n) is 3.32. The average molecular weight is 236 g/mol. The smallest absolute Gasteiger partial charge is 0.221 e. The number of hydrogen-bond donors (Lipinski definition) is 2. The van der Waals surface area contributed by atoms with Gasteiger partial charge in [-0.1, -0.05) is 0 Å². The molecule has 5 heteroatoms. The molecule has 0 spiro atoms. The van der Waals surface area contributed by atoms with E-state index < -0.39 is 0 Å². The predicted molar refractivity (Wildman–Crippen MR) is 67.4 cm³/mol. The van der Waals surface area contributed by atoms with E-state index in [0.29, 0.717) is 18.0 Å². The Hall–Kier alpha value is -1.36. The summed E-state index contributed by atoms with van der Waals surface area (Å²) in [6, 6.07) is 0.881. The second-order valence-corrected chi connectivity index (χ2v) is 4.49. The van der Waals surface area contributed by atoms with Gasteiger partial charge in [-0.3, -0.25) is 0 Å². The van der Waals surface area contributed by atoms with Gasteiger partial charge in [-0.25, -0.2) is 9.97 Å². The molecule has 1 saturated heterocycles. The minimum absolute atomic E-state index is 0.419. The highest BCUT2D eigenvalue weighted by Crippen LogP contribution is 2.22. The van der Waals surface area contributed by atoms with E-state index in [0.717, 1.165) is 17.9 Å². The van der Waals surface area contributed by atoms with Crippen LogP contribution in [0.15, 0.2) is 6.33 Å². The Morgan fingerprint density at radius 1 is 1.47 bits per heavy atom. The molecule has 17 heavy (non-hydrogen) atoms. The highest BCUT2D eigenvalue weighted by atomic mass is 16.5. The standard InChI is InChI=1S/C12H20N4O/c1-8-11(14-7-15-12(8)17-3)16-10-5-4-6-13-9(10)2/h7,9-10,13H,4-6H2,1-3H3,(H,14,15,16). The van der Waals surface area contributed by atoms with Gasteiger partial charge in [-0.2, -0.15) is 0 Å². The minimum Gasteiger partial charge on any atom is -0.481 e. The molecular weight excluding hydrogens is 216 g/mol. The maximum absolute atomic E-state index is 5.19. The summed E-state index contributed by atoms with van der Waals surface area (Å²) < 4.78 is 5.19. The monoisotopic (exact) mass is 236 g/mol. The Morgan fingerprint density at radius 3 is 3.00 bits per heavy atom. The molecule has 2 rings (SSSR count). The second kappa shape index (κ2) is 5.31. The number of ether oxygens (including phenoxy) is 1. The number of nitrogens with one attached hydrogen (secondary N) is 2. The first-order valence-electron chi connectivity index (χ1n) is 6.08. The average Bonchev–Trinajstić information content (AvgIpc) is 2.34. The molecule has 0 amide bonds. The third-order valence-corrected chi connectivity index (χ3v) is 3.32. The van der Waals surface area contributed by atoms with Crippen molar-refractivity contribution in [3.8, 4) is 5.88 Å². The summed E-state index contributed by atoms with van der Waals surface area (Å²) in [7, 11) is 1.63. The van der Waals surface area contributed by atoms with Crippen molar-refractivity contribution >= 4 is 5.82 Å². The zero-order valence-corrected chi connectivity index (χ0v) is 10.7. The van der Waals surface area contributed by atoms with E-state index in [-0.39, 0.29) is 0 Å². The SMILES string of the molecule is COc1ncnc(NC2CCCNC2C)c1C. The van der Waals surface area contributed by atoms with Gasteiger partial charge in [0, 0.05) is 12.1 Å². The number of anilines is 1. The van der Waals surface area contributed by atoms with Gasteiger partial charge in [0.1, 0.15) is 12.1 Å². The van der Waals surface area contributed by atoms with Gasteiger partial charge in [-0.05, 0) is 33.2 Å². The summed E-state index contributed by atoms with van der Waals surface area (Å²) in [5.74, 6) is 1.51. The van der Waals surface area contributed by atoms with E-state index in [4.69, 9.17) is 4.74 Å². The lowest BCUT2D eigenvalue weighted by molar-refractivity contribution is 0.384. The van der Waals surface area contributed by atoms with Gasteiger partial charge in [-0.15, -0.1) is 0 Å². The molecule has 0 aromatic carbocycles. The third kappa shape index (κ3) is 2.66. The summed E-state index contributed by atoms with van der Waals surface area (Å²) >= 11 is 0. The van der Waals surface area contributed by atoms with Gasteiger partial charge in [0.05, 0.1) is 12.7 Å². The molecule has 1 aliphatic rings. The lowest BCUT2D eigenvalue weighted by Gasteiger charge is -2.31. The maximum atomic E-state index is 5.19. The van der Waals surface area contributed by atoms with Crippen molar-refractivity contribution in [1.82, 2.24) is 15.3 Å². The number of piperidine rings is 1. The minimum atomic E-state index is 0.419. The molecule has 0 aliphatic carbocycles. The van der Waals surface area contributed by atoms with Crippen LogP contribution in [-0.4, -0.2) is 35.7 Å². The second-order valence-electron chi connectivity index (χ2n) is 4.49. The van der Waals surface area contributed by atoms with E-state index in [2.05, 4.69) is 27.5 Å². The Kier molecular flexibility index (Phi) is 3.78. The lowest BCUT2D eigenvalue weighted by atomic mass is 10.00. The molecule has 1 aromatic rings. The first-order valence-corrected chi connectivity index (χ1v) is 6.08. The predicted octanol–water partition coefficient (Wildman–Crippen LogP) is 1.35. The molecular formula is C12H20N4O.